The number of alkyl halides is 3. The summed E-state index contributed by atoms with van der Waals surface area (Å²) in [4.78, 5) is 28.7. The van der Waals surface area contributed by atoms with Crippen LogP contribution in [0.3, 0.4) is 0 Å². The Morgan fingerprint density at radius 3 is 2.45 bits per heavy atom. The van der Waals surface area contributed by atoms with E-state index in [0.29, 0.717) is 9.58 Å². The third kappa shape index (κ3) is 2.32. The number of halogens is 3. The van der Waals surface area contributed by atoms with Gasteiger partial charge in [-0.15, -0.1) is 0 Å². The molecule has 2 rings (SSSR count). The van der Waals surface area contributed by atoms with Crippen molar-refractivity contribution in [3.05, 3.63) is 12.7 Å². The lowest BCUT2D eigenvalue weighted by Gasteiger charge is -2.24. The van der Waals surface area contributed by atoms with E-state index < -0.39 is 36.7 Å². The van der Waals surface area contributed by atoms with Crippen molar-refractivity contribution in [1.29, 1.82) is 0 Å². The molecule has 0 aromatic carbocycles. The van der Waals surface area contributed by atoms with Crippen LogP contribution in [0.15, 0.2) is 12.7 Å². The van der Waals surface area contributed by atoms with Gasteiger partial charge in [0.15, 0.2) is 6.04 Å². The molecule has 7 nitrogen and oxygen atoms in total. The number of hydrogen-bond acceptors (Lipinski definition) is 4. The van der Waals surface area contributed by atoms with Gasteiger partial charge in [-0.25, -0.2) is 14.5 Å². The number of hydrogen-bond donors (Lipinski definition) is 0. The highest BCUT2D eigenvalue weighted by Gasteiger charge is 2.48. The Morgan fingerprint density at radius 1 is 1.40 bits per heavy atom. The van der Waals surface area contributed by atoms with Gasteiger partial charge >= 0.3 is 12.2 Å². The Labute approximate surface area is 112 Å². The molecule has 0 bridgehead atoms. The smallest absolute Gasteiger partial charge is 0.316 e. The Kier molecular flexibility index (Phi) is 3.40. The molecule has 0 spiro atoms. The van der Waals surface area contributed by atoms with E-state index in [2.05, 4.69) is 10.1 Å². The standard InChI is InChI=1S/C10H12F3N5O2/c1-6-8(19)17(9(20)16(6)2)3-7(10(11,12)13)18-5-14-4-15-18/h4-7H,3H2,1-2H3/t6-,7?/m1/s1. The van der Waals surface area contributed by atoms with Gasteiger partial charge in [0, 0.05) is 7.05 Å². The van der Waals surface area contributed by atoms with E-state index in [9.17, 15) is 22.8 Å². The van der Waals surface area contributed by atoms with Crippen LogP contribution in [-0.2, 0) is 4.79 Å². The molecule has 3 amide bonds. The molecule has 1 fully saturated rings. The van der Waals surface area contributed by atoms with Crippen LogP contribution < -0.4 is 0 Å². The zero-order valence-corrected chi connectivity index (χ0v) is 10.7. The normalized spacial score (nSPS) is 21.8. The average molecular weight is 291 g/mol. The van der Waals surface area contributed by atoms with Gasteiger partial charge in [-0.05, 0) is 6.92 Å². The summed E-state index contributed by atoms with van der Waals surface area (Å²) in [6, 6.07) is -3.64. The second-order valence-corrected chi connectivity index (χ2v) is 4.45. The summed E-state index contributed by atoms with van der Waals surface area (Å²) in [5.41, 5.74) is 0. The van der Waals surface area contributed by atoms with Crippen LogP contribution in [0, 0.1) is 0 Å². The maximum Gasteiger partial charge on any atom is 0.412 e. The number of carbonyl (C=O) groups excluding carboxylic acids is 2. The minimum Gasteiger partial charge on any atom is -0.316 e. The first kappa shape index (κ1) is 14.3. The van der Waals surface area contributed by atoms with Crippen molar-refractivity contribution in [2.75, 3.05) is 13.6 Å². The first-order chi connectivity index (χ1) is 9.23. The van der Waals surface area contributed by atoms with Crippen LogP contribution in [0.1, 0.15) is 13.0 Å². The van der Waals surface area contributed by atoms with Gasteiger partial charge in [0.25, 0.3) is 5.91 Å². The minimum absolute atomic E-state index is 0.587. The molecule has 1 aromatic heterocycles. The quantitative estimate of drug-likeness (QED) is 0.767. The van der Waals surface area contributed by atoms with Gasteiger partial charge in [-0.1, -0.05) is 0 Å². The predicted octanol–water partition coefficient (Wildman–Crippen LogP) is 0.664. The Balaban J connectivity index is 2.26. The van der Waals surface area contributed by atoms with Crippen LogP contribution in [0.25, 0.3) is 0 Å². The van der Waals surface area contributed by atoms with E-state index in [1.807, 2.05) is 0 Å². The summed E-state index contributed by atoms with van der Waals surface area (Å²) < 4.78 is 39.7. The molecule has 0 aliphatic carbocycles. The summed E-state index contributed by atoms with van der Waals surface area (Å²) >= 11 is 0. The summed E-state index contributed by atoms with van der Waals surface area (Å²) in [5.74, 6) is -0.660. The Morgan fingerprint density at radius 2 is 2.05 bits per heavy atom. The first-order valence-corrected chi connectivity index (χ1v) is 5.72. The second-order valence-electron chi connectivity index (χ2n) is 4.45. The fourth-order valence-electron chi connectivity index (χ4n) is 1.90. The lowest BCUT2D eigenvalue weighted by atomic mass is 10.2. The van der Waals surface area contributed by atoms with Crippen LogP contribution >= 0.6 is 0 Å². The highest BCUT2D eigenvalue weighted by molar-refractivity contribution is 6.03. The highest BCUT2D eigenvalue weighted by atomic mass is 19.4. The van der Waals surface area contributed by atoms with E-state index in [-0.39, 0.29) is 0 Å². The molecule has 2 heterocycles. The minimum atomic E-state index is -4.65. The van der Waals surface area contributed by atoms with Gasteiger partial charge in [0.1, 0.15) is 18.7 Å². The number of rotatable bonds is 3. The Bertz CT molecular complexity index is 495. The molecule has 1 unspecified atom stereocenters. The van der Waals surface area contributed by atoms with Crippen molar-refractivity contribution in [2.24, 2.45) is 0 Å². The maximum atomic E-state index is 13.0. The number of urea groups is 1. The molecule has 110 valence electrons. The largest absolute Gasteiger partial charge is 0.412 e. The molecule has 2 atom stereocenters. The van der Waals surface area contributed by atoms with Gasteiger partial charge in [-0.2, -0.15) is 18.3 Å². The highest BCUT2D eigenvalue weighted by Crippen LogP contribution is 2.32. The van der Waals surface area contributed by atoms with Crippen molar-refractivity contribution < 1.29 is 22.8 Å². The average Bonchev–Trinajstić information content (AvgIpc) is 2.93. The van der Waals surface area contributed by atoms with Crippen molar-refractivity contribution in [3.63, 3.8) is 0 Å². The van der Waals surface area contributed by atoms with Crippen molar-refractivity contribution in [1.82, 2.24) is 24.6 Å². The maximum absolute atomic E-state index is 13.0. The number of nitrogens with zero attached hydrogens (tertiary/aromatic N) is 5. The van der Waals surface area contributed by atoms with E-state index >= 15 is 0 Å². The molecule has 1 aliphatic rings. The monoisotopic (exact) mass is 291 g/mol. The fourth-order valence-corrected chi connectivity index (χ4v) is 1.90. The molecule has 0 N–H and O–H groups in total. The van der Waals surface area contributed by atoms with Crippen molar-refractivity contribution >= 4 is 11.9 Å². The predicted molar refractivity (Wildman–Crippen MR) is 59.4 cm³/mol. The van der Waals surface area contributed by atoms with E-state index in [0.717, 1.165) is 17.6 Å². The molecule has 10 heteroatoms. The molecule has 20 heavy (non-hydrogen) atoms. The number of carbonyl (C=O) groups is 2. The summed E-state index contributed by atoms with van der Waals surface area (Å²) in [7, 11) is 1.36. The van der Waals surface area contributed by atoms with Crippen LogP contribution in [0.4, 0.5) is 18.0 Å². The third-order valence-corrected chi connectivity index (χ3v) is 3.23. The molecular formula is C10H12F3N5O2. The van der Waals surface area contributed by atoms with Crippen LogP contribution in [-0.4, -0.2) is 62.3 Å². The molecule has 1 aliphatic heterocycles. The van der Waals surface area contributed by atoms with E-state index in [1.165, 1.54) is 14.0 Å². The molecular weight excluding hydrogens is 279 g/mol. The van der Waals surface area contributed by atoms with Crippen LogP contribution in [0.2, 0.25) is 0 Å². The zero-order valence-electron chi connectivity index (χ0n) is 10.7. The van der Waals surface area contributed by atoms with Gasteiger partial charge in [0.2, 0.25) is 0 Å². The van der Waals surface area contributed by atoms with Crippen LogP contribution in [0.5, 0.6) is 0 Å². The van der Waals surface area contributed by atoms with Crippen molar-refractivity contribution in [2.45, 2.75) is 25.2 Å². The van der Waals surface area contributed by atoms with E-state index in [1.54, 1.807) is 0 Å². The topological polar surface area (TPSA) is 71.3 Å². The summed E-state index contributed by atoms with van der Waals surface area (Å²) in [6.45, 7) is 0.636. The number of aromatic nitrogens is 3. The molecule has 1 aromatic rings. The van der Waals surface area contributed by atoms with Gasteiger partial charge in [0.05, 0.1) is 6.54 Å². The lowest BCUT2D eigenvalue weighted by molar-refractivity contribution is -0.173. The number of amides is 3. The summed E-state index contributed by atoms with van der Waals surface area (Å²) in [6.07, 6.45) is -2.80. The summed E-state index contributed by atoms with van der Waals surface area (Å²) in [5, 5.41) is 3.44. The van der Waals surface area contributed by atoms with Gasteiger partial charge < -0.3 is 4.90 Å². The molecule has 1 saturated heterocycles. The number of imide groups is 1. The van der Waals surface area contributed by atoms with Gasteiger partial charge in [-0.3, -0.25) is 9.69 Å². The lowest BCUT2D eigenvalue weighted by Crippen LogP contribution is -2.42. The third-order valence-electron chi connectivity index (χ3n) is 3.23. The number of likely N-dealkylation sites (N-methyl/N-ethyl adjacent to an activating group) is 1. The Hall–Kier alpha value is -2.13. The fraction of sp³-hybridized carbons (Fsp3) is 0.600. The first-order valence-electron chi connectivity index (χ1n) is 5.72. The van der Waals surface area contributed by atoms with E-state index in [4.69, 9.17) is 0 Å². The molecule has 0 saturated carbocycles. The SMILES string of the molecule is C[C@@H]1C(=O)N(CC(n2cncn2)C(F)(F)F)C(=O)N1C. The molecule has 0 radical (unpaired) electrons. The van der Waals surface area contributed by atoms with Crippen molar-refractivity contribution in [3.8, 4) is 0 Å². The zero-order chi connectivity index (χ0) is 15.1. The second kappa shape index (κ2) is 4.76.